The fourth-order valence-electron chi connectivity index (χ4n) is 5.28. The SMILES string of the molecule is O=C1CCC2(C(=O)NCCc3c[nH]c4ccccc34)CCCC=C2N1Cc1ccccc1. The number of hydrogen-bond acceptors (Lipinski definition) is 2. The minimum atomic E-state index is -0.596. The molecule has 32 heavy (non-hydrogen) atoms. The highest BCUT2D eigenvalue weighted by Crippen LogP contribution is 2.47. The predicted octanol–water partition coefficient (Wildman–Crippen LogP) is 4.70. The molecule has 2 amide bonds. The molecule has 1 aromatic heterocycles. The van der Waals surface area contributed by atoms with E-state index < -0.39 is 5.41 Å². The van der Waals surface area contributed by atoms with Gasteiger partial charge >= 0.3 is 0 Å². The molecule has 0 radical (unpaired) electrons. The Balaban J connectivity index is 1.32. The van der Waals surface area contributed by atoms with Crippen molar-refractivity contribution in [3.8, 4) is 0 Å². The molecule has 2 aromatic carbocycles. The van der Waals surface area contributed by atoms with Crippen LogP contribution in [0.2, 0.25) is 0 Å². The summed E-state index contributed by atoms with van der Waals surface area (Å²) in [6.45, 7) is 1.11. The summed E-state index contributed by atoms with van der Waals surface area (Å²) in [5.41, 5.74) is 3.73. The van der Waals surface area contributed by atoms with Gasteiger partial charge in [0.05, 0.1) is 12.0 Å². The molecule has 0 spiro atoms. The van der Waals surface area contributed by atoms with Crippen LogP contribution in [0.4, 0.5) is 0 Å². The summed E-state index contributed by atoms with van der Waals surface area (Å²) in [5.74, 6) is 0.179. The minimum absolute atomic E-state index is 0.0638. The van der Waals surface area contributed by atoms with Crippen LogP contribution in [0.25, 0.3) is 10.9 Å². The Labute approximate surface area is 188 Å². The number of amides is 2. The summed E-state index contributed by atoms with van der Waals surface area (Å²) in [7, 11) is 0. The number of aromatic nitrogens is 1. The predicted molar refractivity (Wildman–Crippen MR) is 126 cm³/mol. The summed E-state index contributed by atoms with van der Waals surface area (Å²) >= 11 is 0. The lowest BCUT2D eigenvalue weighted by Gasteiger charge is -2.46. The molecule has 1 aliphatic heterocycles. The maximum absolute atomic E-state index is 13.6. The van der Waals surface area contributed by atoms with Crippen molar-refractivity contribution in [2.24, 2.45) is 5.41 Å². The fourth-order valence-corrected chi connectivity index (χ4v) is 5.28. The topological polar surface area (TPSA) is 65.2 Å². The molecule has 1 unspecified atom stereocenters. The van der Waals surface area contributed by atoms with Gasteiger partial charge in [-0.05, 0) is 49.3 Å². The number of nitrogens with one attached hydrogen (secondary N) is 2. The number of rotatable bonds is 6. The molecule has 164 valence electrons. The first-order chi connectivity index (χ1) is 15.7. The molecule has 5 rings (SSSR count). The maximum atomic E-state index is 13.6. The average Bonchev–Trinajstić information content (AvgIpc) is 3.25. The summed E-state index contributed by atoms with van der Waals surface area (Å²) < 4.78 is 0. The van der Waals surface area contributed by atoms with Crippen LogP contribution < -0.4 is 5.32 Å². The van der Waals surface area contributed by atoms with E-state index in [-0.39, 0.29) is 11.8 Å². The van der Waals surface area contributed by atoms with Crippen molar-refractivity contribution >= 4 is 22.7 Å². The molecular weight excluding hydrogens is 398 g/mol. The molecule has 5 heteroatoms. The molecule has 2 heterocycles. The molecule has 1 atom stereocenters. The number of hydrogen-bond donors (Lipinski definition) is 2. The Morgan fingerprint density at radius 1 is 1.06 bits per heavy atom. The van der Waals surface area contributed by atoms with E-state index in [9.17, 15) is 9.59 Å². The number of fused-ring (bicyclic) bond motifs is 2. The third kappa shape index (κ3) is 3.72. The van der Waals surface area contributed by atoms with Crippen LogP contribution in [-0.4, -0.2) is 28.2 Å². The molecule has 3 aromatic rings. The summed E-state index contributed by atoms with van der Waals surface area (Å²) in [6.07, 6.45) is 8.64. The van der Waals surface area contributed by atoms with Crippen molar-refractivity contribution in [3.63, 3.8) is 0 Å². The number of allylic oxidation sites excluding steroid dienone is 1. The van der Waals surface area contributed by atoms with Crippen LogP contribution in [0.1, 0.15) is 43.2 Å². The van der Waals surface area contributed by atoms with E-state index in [1.807, 2.05) is 53.6 Å². The molecule has 1 fully saturated rings. The second kappa shape index (κ2) is 8.65. The number of benzene rings is 2. The van der Waals surface area contributed by atoms with Gasteiger partial charge in [-0.3, -0.25) is 9.59 Å². The molecule has 0 bridgehead atoms. The quantitative estimate of drug-likeness (QED) is 0.599. The Morgan fingerprint density at radius 2 is 1.88 bits per heavy atom. The van der Waals surface area contributed by atoms with Crippen LogP contribution in [-0.2, 0) is 22.6 Å². The van der Waals surface area contributed by atoms with E-state index in [1.165, 1.54) is 10.9 Å². The molecule has 2 aliphatic rings. The normalized spacial score (nSPS) is 20.7. The van der Waals surface area contributed by atoms with Crippen LogP contribution >= 0.6 is 0 Å². The summed E-state index contributed by atoms with van der Waals surface area (Å²) in [4.78, 5) is 31.6. The van der Waals surface area contributed by atoms with Gasteiger partial charge in [0.15, 0.2) is 0 Å². The summed E-state index contributed by atoms with van der Waals surface area (Å²) in [6, 6.07) is 18.3. The number of para-hydroxylation sites is 1. The van der Waals surface area contributed by atoms with Gasteiger partial charge in [-0.2, -0.15) is 0 Å². The highest BCUT2D eigenvalue weighted by Gasteiger charge is 2.49. The lowest BCUT2D eigenvalue weighted by molar-refractivity contribution is -0.141. The van der Waals surface area contributed by atoms with E-state index >= 15 is 0 Å². The molecule has 1 saturated heterocycles. The van der Waals surface area contributed by atoms with Gasteiger partial charge in [0.2, 0.25) is 11.8 Å². The Bertz CT molecular complexity index is 1160. The van der Waals surface area contributed by atoms with Crippen LogP contribution in [0.3, 0.4) is 0 Å². The van der Waals surface area contributed by atoms with Crippen molar-refractivity contribution < 1.29 is 9.59 Å². The van der Waals surface area contributed by atoms with Crippen molar-refractivity contribution in [1.29, 1.82) is 0 Å². The second-order valence-corrected chi connectivity index (χ2v) is 8.89. The lowest BCUT2D eigenvalue weighted by Crippen LogP contribution is -2.52. The summed E-state index contributed by atoms with van der Waals surface area (Å²) in [5, 5.41) is 4.42. The van der Waals surface area contributed by atoms with Crippen LogP contribution in [0.15, 0.2) is 72.6 Å². The molecule has 0 saturated carbocycles. The number of likely N-dealkylation sites (tertiary alicyclic amines) is 1. The third-order valence-electron chi connectivity index (χ3n) is 6.97. The molecule has 1 aliphatic carbocycles. The van der Waals surface area contributed by atoms with Crippen molar-refractivity contribution in [2.45, 2.75) is 45.1 Å². The highest BCUT2D eigenvalue weighted by molar-refractivity contribution is 5.91. The van der Waals surface area contributed by atoms with Gasteiger partial charge in [0.25, 0.3) is 0 Å². The molecule has 2 N–H and O–H groups in total. The third-order valence-corrected chi connectivity index (χ3v) is 6.97. The second-order valence-electron chi connectivity index (χ2n) is 8.89. The first-order valence-electron chi connectivity index (χ1n) is 11.6. The van der Waals surface area contributed by atoms with Crippen molar-refractivity contribution in [3.05, 3.63) is 83.7 Å². The monoisotopic (exact) mass is 427 g/mol. The fraction of sp³-hybridized carbons (Fsp3) is 0.333. The first-order valence-corrected chi connectivity index (χ1v) is 11.6. The number of carbonyl (C=O) groups is 2. The zero-order chi connectivity index (χ0) is 22.0. The highest BCUT2D eigenvalue weighted by atomic mass is 16.2. The number of nitrogens with zero attached hydrogens (tertiary/aromatic N) is 1. The minimum Gasteiger partial charge on any atom is -0.361 e. The van der Waals surface area contributed by atoms with Gasteiger partial charge in [0, 0.05) is 35.8 Å². The maximum Gasteiger partial charge on any atom is 0.232 e. The first kappa shape index (κ1) is 20.6. The molecular formula is C27H29N3O2. The van der Waals surface area contributed by atoms with Gasteiger partial charge in [-0.15, -0.1) is 0 Å². The zero-order valence-electron chi connectivity index (χ0n) is 18.3. The van der Waals surface area contributed by atoms with Gasteiger partial charge < -0.3 is 15.2 Å². The number of H-pyrrole nitrogens is 1. The van der Waals surface area contributed by atoms with Gasteiger partial charge in [0.1, 0.15) is 0 Å². The van der Waals surface area contributed by atoms with E-state index in [1.54, 1.807) is 0 Å². The van der Waals surface area contributed by atoms with Crippen molar-refractivity contribution in [2.75, 3.05) is 6.54 Å². The zero-order valence-corrected chi connectivity index (χ0v) is 18.3. The van der Waals surface area contributed by atoms with E-state index in [0.717, 1.165) is 42.5 Å². The smallest absolute Gasteiger partial charge is 0.232 e. The number of carbonyl (C=O) groups excluding carboxylic acids is 2. The van der Waals surface area contributed by atoms with Gasteiger partial charge in [-0.25, -0.2) is 0 Å². The Hall–Kier alpha value is -3.34. The standard InChI is InChI=1S/C27H29N3O2/c31-25-13-16-27(15-7-6-12-24(27)30(25)19-20-8-2-1-3-9-20)26(32)28-17-14-21-18-29-23-11-5-4-10-22(21)23/h1-5,8-12,18,29H,6-7,13-17,19H2,(H,28,32). The van der Waals surface area contributed by atoms with Crippen LogP contribution in [0, 0.1) is 5.41 Å². The Kier molecular flexibility index (Phi) is 5.56. The van der Waals surface area contributed by atoms with E-state index in [2.05, 4.69) is 28.5 Å². The largest absolute Gasteiger partial charge is 0.361 e. The molecule has 5 nitrogen and oxygen atoms in total. The average molecular weight is 428 g/mol. The lowest BCUT2D eigenvalue weighted by atomic mass is 9.69. The van der Waals surface area contributed by atoms with E-state index in [4.69, 9.17) is 0 Å². The van der Waals surface area contributed by atoms with Crippen molar-refractivity contribution in [1.82, 2.24) is 15.2 Å². The number of piperidine rings is 1. The van der Waals surface area contributed by atoms with Gasteiger partial charge in [-0.1, -0.05) is 54.6 Å². The Morgan fingerprint density at radius 3 is 2.75 bits per heavy atom. The van der Waals surface area contributed by atoms with Crippen LogP contribution in [0.5, 0.6) is 0 Å². The van der Waals surface area contributed by atoms with E-state index in [0.29, 0.717) is 25.9 Å². The number of aromatic amines is 1.